The van der Waals surface area contributed by atoms with Crippen LogP contribution in [0.3, 0.4) is 0 Å². The van der Waals surface area contributed by atoms with E-state index in [2.05, 4.69) is 30.3 Å². The van der Waals surface area contributed by atoms with E-state index in [1.54, 1.807) is 6.20 Å². The van der Waals surface area contributed by atoms with Crippen LogP contribution in [0.1, 0.15) is 64.0 Å². The lowest BCUT2D eigenvalue weighted by molar-refractivity contribution is 0.209. The maximum atomic E-state index is 5.85. The first-order valence-corrected chi connectivity index (χ1v) is 8.32. The fourth-order valence-electron chi connectivity index (χ4n) is 3.42. The minimum Gasteiger partial charge on any atom is -0.492 e. The number of hydrazine groups is 1. The third kappa shape index (κ3) is 4.42. The summed E-state index contributed by atoms with van der Waals surface area (Å²) in [6.07, 6.45) is 11.1. The number of pyridine rings is 1. The monoisotopic (exact) mass is 291 g/mol. The second-order valence-corrected chi connectivity index (χ2v) is 6.15. The van der Waals surface area contributed by atoms with Gasteiger partial charge in [0.25, 0.3) is 0 Å². The van der Waals surface area contributed by atoms with Crippen molar-refractivity contribution in [2.24, 2.45) is 17.7 Å². The zero-order valence-corrected chi connectivity index (χ0v) is 13.3. The van der Waals surface area contributed by atoms with E-state index in [1.807, 2.05) is 6.20 Å². The quantitative estimate of drug-likeness (QED) is 0.595. The van der Waals surface area contributed by atoms with Crippen molar-refractivity contribution in [3.63, 3.8) is 0 Å². The van der Waals surface area contributed by atoms with E-state index in [1.165, 1.54) is 32.1 Å². The van der Waals surface area contributed by atoms with Crippen molar-refractivity contribution in [1.29, 1.82) is 0 Å². The lowest BCUT2D eigenvalue weighted by Gasteiger charge is -2.34. The zero-order valence-electron chi connectivity index (χ0n) is 13.3. The molecule has 0 spiro atoms. The van der Waals surface area contributed by atoms with E-state index < -0.39 is 0 Å². The van der Waals surface area contributed by atoms with Gasteiger partial charge < -0.3 is 4.74 Å². The molecular weight excluding hydrogens is 262 g/mol. The van der Waals surface area contributed by atoms with Crippen molar-refractivity contribution in [2.45, 2.75) is 58.4 Å². The van der Waals surface area contributed by atoms with Crippen LogP contribution in [0.5, 0.6) is 5.75 Å². The molecule has 21 heavy (non-hydrogen) atoms. The van der Waals surface area contributed by atoms with Crippen LogP contribution in [0.15, 0.2) is 18.5 Å². The molecule has 4 heteroatoms. The molecule has 118 valence electrons. The second kappa shape index (κ2) is 8.35. The Balaban J connectivity index is 2.09. The molecule has 0 aromatic carbocycles. The van der Waals surface area contributed by atoms with E-state index in [9.17, 15) is 0 Å². The van der Waals surface area contributed by atoms with Gasteiger partial charge in [0, 0.05) is 6.20 Å². The van der Waals surface area contributed by atoms with Crippen molar-refractivity contribution in [3.05, 3.63) is 24.0 Å². The minimum atomic E-state index is 0.178. The molecule has 1 fully saturated rings. The molecule has 0 radical (unpaired) electrons. The summed E-state index contributed by atoms with van der Waals surface area (Å²) in [7, 11) is 0. The van der Waals surface area contributed by atoms with Crippen LogP contribution < -0.4 is 16.0 Å². The Morgan fingerprint density at radius 2 is 2.24 bits per heavy atom. The third-order valence-electron chi connectivity index (χ3n) is 4.62. The molecule has 1 aliphatic rings. The Morgan fingerprint density at radius 1 is 1.38 bits per heavy atom. The van der Waals surface area contributed by atoms with Gasteiger partial charge in [0.1, 0.15) is 5.75 Å². The van der Waals surface area contributed by atoms with Crippen molar-refractivity contribution >= 4 is 0 Å². The normalized spacial score (nSPS) is 23.8. The maximum absolute atomic E-state index is 5.85. The molecular formula is C17H29N3O. The highest BCUT2D eigenvalue weighted by molar-refractivity contribution is 5.26. The van der Waals surface area contributed by atoms with Crippen LogP contribution in [0.2, 0.25) is 0 Å². The largest absolute Gasteiger partial charge is 0.492 e. The van der Waals surface area contributed by atoms with Gasteiger partial charge in [-0.15, -0.1) is 0 Å². The molecule has 1 saturated carbocycles. The molecule has 1 aromatic rings. The highest BCUT2D eigenvalue weighted by Gasteiger charge is 2.28. The van der Waals surface area contributed by atoms with Gasteiger partial charge in [-0.05, 0) is 42.7 Å². The van der Waals surface area contributed by atoms with Crippen LogP contribution >= 0.6 is 0 Å². The van der Waals surface area contributed by atoms with Crippen LogP contribution in [-0.4, -0.2) is 11.6 Å². The first kappa shape index (κ1) is 16.2. The molecule has 3 unspecified atom stereocenters. The Labute approximate surface area is 128 Å². The summed E-state index contributed by atoms with van der Waals surface area (Å²) in [6, 6.07) is 2.26. The fraction of sp³-hybridized carbons (Fsp3) is 0.706. The average Bonchev–Trinajstić information content (AvgIpc) is 2.54. The van der Waals surface area contributed by atoms with E-state index >= 15 is 0 Å². The van der Waals surface area contributed by atoms with Gasteiger partial charge in [-0.25, -0.2) is 0 Å². The molecule has 2 rings (SSSR count). The molecule has 4 nitrogen and oxygen atoms in total. The summed E-state index contributed by atoms with van der Waals surface area (Å²) >= 11 is 0. The molecule has 0 amide bonds. The van der Waals surface area contributed by atoms with Crippen LogP contribution in [0, 0.1) is 11.8 Å². The van der Waals surface area contributed by atoms with Crippen molar-refractivity contribution < 1.29 is 4.74 Å². The second-order valence-electron chi connectivity index (χ2n) is 6.15. The van der Waals surface area contributed by atoms with Crippen LogP contribution in [-0.2, 0) is 0 Å². The SMILES string of the molecule is CCCOc1cncc(C(NN)C2CCCC(CC)C2)c1. The van der Waals surface area contributed by atoms with E-state index in [0.29, 0.717) is 5.92 Å². The number of aromatic nitrogens is 1. The standard InChI is InChI=1S/C17H29N3O/c1-3-8-21-16-10-15(11-19-12-16)17(20-18)14-7-5-6-13(4-2)9-14/h10-14,17,20H,3-9,18H2,1-2H3. The topological polar surface area (TPSA) is 60.2 Å². The molecule has 3 atom stereocenters. The van der Waals surface area contributed by atoms with E-state index in [4.69, 9.17) is 10.6 Å². The number of rotatable bonds is 7. The van der Waals surface area contributed by atoms with E-state index in [0.717, 1.165) is 30.3 Å². The van der Waals surface area contributed by atoms with Crippen LogP contribution in [0.4, 0.5) is 0 Å². The van der Waals surface area contributed by atoms with Gasteiger partial charge in [0.2, 0.25) is 0 Å². The number of nitrogens with two attached hydrogens (primary N) is 1. The Bertz CT molecular complexity index is 424. The summed E-state index contributed by atoms with van der Waals surface area (Å²) in [5.74, 6) is 8.13. The summed E-state index contributed by atoms with van der Waals surface area (Å²) in [5, 5.41) is 0. The predicted octanol–water partition coefficient (Wildman–Crippen LogP) is 3.59. The molecule has 1 heterocycles. The first-order chi connectivity index (χ1) is 10.3. The Kier molecular flexibility index (Phi) is 6.46. The summed E-state index contributed by atoms with van der Waals surface area (Å²) in [5.41, 5.74) is 4.17. The molecule has 1 aromatic heterocycles. The van der Waals surface area contributed by atoms with Crippen molar-refractivity contribution in [3.8, 4) is 5.75 Å². The molecule has 0 bridgehead atoms. The third-order valence-corrected chi connectivity index (χ3v) is 4.62. The lowest BCUT2D eigenvalue weighted by Crippen LogP contribution is -2.36. The summed E-state index contributed by atoms with van der Waals surface area (Å²) < 4.78 is 5.69. The molecule has 0 aliphatic heterocycles. The number of nitrogens with zero attached hydrogens (tertiary/aromatic N) is 1. The van der Waals surface area contributed by atoms with Gasteiger partial charge in [-0.1, -0.05) is 33.1 Å². The summed E-state index contributed by atoms with van der Waals surface area (Å²) in [4.78, 5) is 4.32. The highest BCUT2D eigenvalue weighted by Crippen LogP contribution is 2.38. The minimum absolute atomic E-state index is 0.178. The number of ether oxygens (including phenoxy) is 1. The molecule has 3 N–H and O–H groups in total. The van der Waals surface area contributed by atoms with Crippen LogP contribution in [0.25, 0.3) is 0 Å². The molecule has 1 aliphatic carbocycles. The van der Waals surface area contributed by atoms with Gasteiger partial charge in [0.05, 0.1) is 18.8 Å². The van der Waals surface area contributed by atoms with Gasteiger partial charge in [-0.2, -0.15) is 0 Å². The zero-order chi connectivity index (χ0) is 15.1. The smallest absolute Gasteiger partial charge is 0.137 e. The number of nitrogens with one attached hydrogen (secondary N) is 1. The average molecular weight is 291 g/mol. The highest BCUT2D eigenvalue weighted by atomic mass is 16.5. The maximum Gasteiger partial charge on any atom is 0.137 e. The summed E-state index contributed by atoms with van der Waals surface area (Å²) in [6.45, 7) is 5.13. The number of hydrogen-bond donors (Lipinski definition) is 2. The van der Waals surface area contributed by atoms with Gasteiger partial charge >= 0.3 is 0 Å². The van der Waals surface area contributed by atoms with E-state index in [-0.39, 0.29) is 6.04 Å². The first-order valence-electron chi connectivity index (χ1n) is 8.32. The van der Waals surface area contributed by atoms with Crippen molar-refractivity contribution in [2.75, 3.05) is 6.61 Å². The predicted molar refractivity (Wildman–Crippen MR) is 85.8 cm³/mol. The number of hydrogen-bond acceptors (Lipinski definition) is 4. The Hall–Kier alpha value is -1.13. The lowest BCUT2D eigenvalue weighted by atomic mass is 9.75. The Morgan fingerprint density at radius 3 is 2.95 bits per heavy atom. The van der Waals surface area contributed by atoms with Crippen molar-refractivity contribution in [1.82, 2.24) is 10.4 Å². The molecule has 0 saturated heterocycles. The van der Waals surface area contributed by atoms with Gasteiger partial charge in [0.15, 0.2) is 0 Å². The fourth-order valence-corrected chi connectivity index (χ4v) is 3.42. The van der Waals surface area contributed by atoms with Gasteiger partial charge in [-0.3, -0.25) is 16.3 Å².